The van der Waals surface area contributed by atoms with E-state index in [4.69, 9.17) is 13.9 Å². The van der Waals surface area contributed by atoms with E-state index in [9.17, 15) is 4.79 Å². The van der Waals surface area contributed by atoms with E-state index >= 15 is 0 Å². The van der Waals surface area contributed by atoms with Crippen LogP contribution in [-0.2, 0) is 0 Å². The Morgan fingerprint density at radius 2 is 2.00 bits per heavy atom. The second kappa shape index (κ2) is 9.58. The number of hydrogen-bond acceptors (Lipinski definition) is 5. The van der Waals surface area contributed by atoms with Gasteiger partial charge in [0.15, 0.2) is 0 Å². The second-order valence-electron chi connectivity index (χ2n) is 5.66. The first kappa shape index (κ1) is 18.7. The van der Waals surface area contributed by atoms with Crippen molar-refractivity contribution in [1.82, 2.24) is 15.5 Å². The zero-order chi connectivity index (χ0) is 18.1. The number of benzene rings is 1. The largest absolute Gasteiger partial charge is 0.497 e. The number of methoxy groups -OCH3 is 1. The lowest BCUT2D eigenvalue weighted by Crippen LogP contribution is -2.41. The Morgan fingerprint density at radius 3 is 2.68 bits per heavy atom. The van der Waals surface area contributed by atoms with Crippen LogP contribution in [0.3, 0.4) is 0 Å². The van der Waals surface area contributed by atoms with Gasteiger partial charge in [-0.25, -0.2) is 4.79 Å². The zero-order valence-corrected chi connectivity index (χ0v) is 14.8. The molecule has 0 saturated heterocycles. The second-order valence-corrected chi connectivity index (χ2v) is 5.66. The average molecular weight is 347 g/mol. The van der Waals surface area contributed by atoms with Crippen molar-refractivity contribution in [3.05, 3.63) is 48.4 Å². The average Bonchev–Trinajstić information content (AvgIpc) is 3.13. The highest BCUT2D eigenvalue weighted by molar-refractivity contribution is 5.73. The van der Waals surface area contributed by atoms with Crippen LogP contribution in [0.2, 0.25) is 0 Å². The van der Waals surface area contributed by atoms with Crippen LogP contribution in [0.15, 0.2) is 47.1 Å². The van der Waals surface area contributed by atoms with E-state index in [1.807, 2.05) is 49.3 Å². The van der Waals surface area contributed by atoms with Gasteiger partial charge in [-0.1, -0.05) is 6.07 Å². The minimum absolute atomic E-state index is 0.0196. The maximum Gasteiger partial charge on any atom is 0.314 e. The SMILES string of the molecule is COc1cccc(OCCNC(=O)NCC(c2ccco2)N(C)C)c1. The predicted molar refractivity (Wildman–Crippen MR) is 95.0 cm³/mol. The molecule has 7 heteroatoms. The fraction of sp³-hybridized carbons (Fsp3) is 0.389. The Morgan fingerprint density at radius 1 is 1.20 bits per heavy atom. The van der Waals surface area contributed by atoms with Crippen LogP contribution >= 0.6 is 0 Å². The summed E-state index contributed by atoms with van der Waals surface area (Å²) in [6, 6.07) is 10.8. The molecule has 1 aromatic carbocycles. The van der Waals surface area contributed by atoms with Gasteiger partial charge in [0.05, 0.1) is 26.0 Å². The van der Waals surface area contributed by atoms with Gasteiger partial charge in [0.2, 0.25) is 0 Å². The van der Waals surface area contributed by atoms with Crippen molar-refractivity contribution in [2.45, 2.75) is 6.04 Å². The Labute approximate surface area is 147 Å². The molecule has 0 aliphatic carbocycles. The van der Waals surface area contributed by atoms with Gasteiger partial charge in [0, 0.05) is 12.6 Å². The molecule has 0 aliphatic heterocycles. The molecule has 2 aromatic rings. The number of furan rings is 1. The van der Waals surface area contributed by atoms with E-state index in [2.05, 4.69) is 10.6 Å². The number of likely N-dealkylation sites (N-methyl/N-ethyl adjacent to an activating group) is 1. The highest BCUT2D eigenvalue weighted by Crippen LogP contribution is 2.18. The Kier molecular flexibility index (Phi) is 7.16. The van der Waals surface area contributed by atoms with Crippen LogP contribution in [0.5, 0.6) is 11.5 Å². The summed E-state index contributed by atoms with van der Waals surface area (Å²) >= 11 is 0. The van der Waals surface area contributed by atoms with Crippen LogP contribution in [0, 0.1) is 0 Å². The van der Waals surface area contributed by atoms with Gasteiger partial charge in [-0.2, -0.15) is 0 Å². The lowest BCUT2D eigenvalue weighted by atomic mass is 10.2. The number of carbonyl (C=O) groups is 1. The molecular formula is C18H25N3O4. The Bertz CT molecular complexity index is 644. The summed E-state index contributed by atoms with van der Waals surface area (Å²) in [7, 11) is 5.48. The number of urea groups is 1. The van der Waals surface area contributed by atoms with Crippen molar-refractivity contribution < 1.29 is 18.7 Å². The lowest BCUT2D eigenvalue weighted by Gasteiger charge is -2.22. The van der Waals surface area contributed by atoms with E-state index in [-0.39, 0.29) is 12.1 Å². The molecule has 1 aromatic heterocycles. The van der Waals surface area contributed by atoms with Crippen LogP contribution in [0.25, 0.3) is 0 Å². The van der Waals surface area contributed by atoms with Crippen molar-refractivity contribution in [3.63, 3.8) is 0 Å². The molecule has 0 aliphatic rings. The number of nitrogens with zero attached hydrogens (tertiary/aromatic N) is 1. The zero-order valence-electron chi connectivity index (χ0n) is 14.8. The molecular weight excluding hydrogens is 322 g/mol. The molecule has 1 unspecified atom stereocenters. The topological polar surface area (TPSA) is 76.0 Å². The number of nitrogens with one attached hydrogen (secondary N) is 2. The van der Waals surface area contributed by atoms with Gasteiger partial charge < -0.3 is 24.5 Å². The molecule has 0 saturated carbocycles. The third kappa shape index (κ3) is 6.04. The number of ether oxygens (including phenoxy) is 2. The Balaban J connectivity index is 1.68. The smallest absolute Gasteiger partial charge is 0.314 e. The van der Waals surface area contributed by atoms with Crippen molar-refractivity contribution >= 4 is 6.03 Å². The summed E-state index contributed by atoms with van der Waals surface area (Å²) in [6.07, 6.45) is 1.63. The quantitative estimate of drug-likeness (QED) is 0.681. The van der Waals surface area contributed by atoms with Crippen molar-refractivity contribution in [1.29, 1.82) is 0 Å². The summed E-state index contributed by atoms with van der Waals surface area (Å²) < 4.78 is 16.1. The molecule has 136 valence electrons. The van der Waals surface area contributed by atoms with Gasteiger partial charge in [-0.15, -0.1) is 0 Å². The monoisotopic (exact) mass is 347 g/mol. The molecule has 0 spiro atoms. The third-order valence-electron chi connectivity index (χ3n) is 3.65. The standard InChI is InChI=1S/C18H25N3O4/c1-21(2)16(17-8-5-10-25-17)13-20-18(22)19-9-11-24-15-7-4-6-14(12-15)23-3/h4-8,10,12,16H,9,11,13H2,1-3H3,(H2,19,20,22). The van der Waals surface area contributed by atoms with Crippen LogP contribution in [0.4, 0.5) is 4.79 Å². The van der Waals surface area contributed by atoms with Crippen molar-refractivity contribution in [2.75, 3.05) is 40.9 Å². The molecule has 7 nitrogen and oxygen atoms in total. The molecule has 1 heterocycles. The molecule has 0 radical (unpaired) electrons. The van der Waals surface area contributed by atoms with Crippen LogP contribution < -0.4 is 20.1 Å². The molecule has 1 atom stereocenters. The summed E-state index contributed by atoms with van der Waals surface area (Å²) in [5.74, 6) is 2.24. The summed E-state index contributed by atoms with van der Waals surface area (Å²) in [4.78, 5) is 13.9. The molecule has 2 amide bonds. The summed E-state index contributed by atoms with van der Waals surface area (Å²) in [6.45, 7) is 1.22. The highest BCUT2D eigenvalue weighted by atomic mass is 16.5. The number of amides is 2. The van der Waals surface area contributed by atoms with E-state index < -0.39 is 0 Å². The van der Waals surface area contributed by atoms with E-state index in [1.165, 1.54) is 0 Å². The maximum atomic E-state index is 11.9. The van der Waals surface area contributed by atoms with Gasteiger partial charge in [0.1, 0.15) is 23.9 Å². The number of rotatable bonds is 9. The first-order valence-electron chi connectivity index (χ1n) is 8.08. The van der Waals surface area contributed by atoms with Gasteiger partial charge >= 0.3 is 6.03 Å². The van der Waals surface area contributed by atoms with Gasteiger partial charge in [-0.05, 0) is 38.4 Å². The van der Waals surface area contributed by atoms with Crippen molar-refractivity contribution in [3.8, 4) is 11.5 Å². The predicted octanol–water partition coefficient (Wildman–Crippen LogP) is 2.27. The molecule has 25 heavy (non-hydrogen) atoms. The minimum Gasteiger partial charge on any atom is -0.497 e. The van der Waals surface area contributed by atoms with E-state index in [0.29, 0.717) is 25.4 Å². The number of hydrogen-bond donors (Lipinski definition) is 2. The molecule has 0 fully saturated rings. The lowest BCUT2D eigenvalue weighted by molar-refractivity contribution is 0.222. The highest BCUT2D eigenvalue weighted by Gasteiger charge is 2.17. The summed E-state index contributed by atoms with van der Waals surface area (Å²) in [5, 5.41) is 5.61. The normalized spacial score (nSPS) is 11.8. The van der Waals surface area contributed by atoms with Crippen LogP contribution in [-0.4, -0.2) is 51.8 Å². The first-order valence-corrected chi connectivity index (χ1v) is 8.08. The molecule has 2 N–H and O–H groups in total. The van der Waals surface area contributed by atoms with E-state index in [0.717, 1.165) is 11.5 Å². The minimum atomic E-state index is -0.243. The fourth-order valence-electron chi connectivity index (χ4n) is 2.29. The number of carbonyl (C=O) groups excluding carboxylic acids is 1. The third-order valence-corrected chi connectivity index (χ3v) is 3.65. The molecule has 0 bridgehead atoms. The van der Waals surface area contributed by atoms with Crippen molar-refractivity contribution in [2.24, 2.45) is 0 Å². The van der Waals surface area contributed by atoms with Crippen LogP contribution in [0.1, 0.15) is 11.8 Å². The van der Waals surface area contributed by atoms with E-state index in [1.54, 1.807) is 19.4 Å². The maximum absolute atomic E-state index is 11.9. The van der Waals surface area contributed by atoms with Gasteiger partial charge in [0.25, 0.3) is 0 Å². The Hall–Kier alpha value is -2.67. The fourth-order valence-corrected chi connectivity index (χ4v) is 2.29. The first-order chi connectivity index (χ1) is 12.1. The van der Waals surface area contributed by atoms with Gasteiger partial charge in [-0.3, -0.25) is 4.90 Å². The molecule has 2 rings (SSSR count). The summed E-state index contributed by atoms with van der Waals surface area (Å²) in [5.41, 5.74) is 0.